The number of alkyl carbamates (subject to hydrolysis) is 1. The molecule has 0 aromatic heterocycles. The third-order valence-electron chi connectivity index (χ3n) is 6.79. The second-order valence-corrected chi connectivity index (χ2v) is 18.6. The number of nitrogens with one attached hydrogen (secondary N) is 1. The SMILES string of the molecule is CC(C)(C)OC(=O)N[C@H](CCO[Si](C)(C)C(C)(C)C)[C@H](N=C(c1ccccc1)c1ccccc1)C(=O)OC(C)(C)C. The Balaban J connectivity index is 2.63. The van der Waals surface area contributed by atoms with E-state index < -0.39 is 43.7 Å². The first kappa shape index (κ1) is 34.2. The minimum absolute atomic E-state index is 0.0115. The molecule has 0 aliphatic rings. The Bertz CT molecular complexity index is 1120. The van der Waals surface area contributed by atoms with Crippen LogP contribution in [-0.4, -0.2) is 56.0 Å². The summed E-state index contributed by atoms with van der Waals surface area (Å²) < 4.78 is 17.9. The van der Waals surface area contributed by atoms with Crippen LogP contribution in [-0.2, 0) is 18.7 Å². The fraction of sp³-hybridized carbons (Fsp3) is 0.545. The molecule has 0 radical (unpaired) electrons. The van der Waals surface area contributed by atoms with Gasteiger partial charge in [-0.1, -0.05) is 81.4 Å². The molecule has 1 N–H and O–H groups in total. The lowest BCUT2D eigenvalue weighted by Gasteiger charge is -2.37. The normalized spacial score (nSPS) is 14.0. The van der Waals surface area contributed by atoms with Gasteiger partial charge in [-0.25, -0.2) is 9.59 Å². The Hall–Kier alpha value is -2.97. The summed E-state index contributed by atoms with van der Waals surface area (Å²) in [7, 11) is -2.08. The van der Waals surface area contributed by atoms with Crippen LogP contribution < -0.4 is 5.32 Å². The Morgan fingerprint density at radius 1 is 0.780 bits per heavy atom. The maximum Gasteiger partial charge on any atom is 0.407 e. The summed E-state index contributed by atoms with van der Waals surface area (Å²) >= 11 is 0. The molecule has 0 fully saturated rings. The van der Waals surface area contributed by atoms with Crippen LogP contribution in [0.15, 0.2) is 65.7 Å². The molecule has 1 amide bonds. The van der Waals surface area contributed by atoms with Gasteiger partial charge in [-0.2, -0.15) is 0 Å². The minimum Gasteiger partial charge on any atom is -0.458 e. The van der Waals surface area contributed by atoms with E-state index in [-0.39, 0.29) is 5.04 Å². The summed E-state index contributed by atoms with van der Waals surface area (Å²) in [4.78, 5) is 31.9. The number of rotatable bonds is 10. The zero-order valence-corrected chi connectivity index (χ0v) is 27.8. The van der Waals surface area contributed by atoms with Crippen molar-refractivity contribution in [3.8, 4) is 0 Å². The van der Waals surface area contributed by atoms with Gasteiger partial charge < -0.3 is 19.2 Å². The largest absolute Gasteiger partial charge is 0.458 e. The van der Waals surface area contributed by atoms with E-state index >= 15 is 0 Å². The number of ether oxygens (including phenoxy) is 2. The predicted molar refractivity (Wildman–Crippen MR) is 169 cm³/mol. The molecular formula is C33H50N2O5Si. The Kier molecular flexibility index (Phi) is 11.5. The van der Waals surface area contributed by atoms with Crippen LogP contribution in [0.1, 0.15) is 79.9 Å². The smallest absolute Gasteiger partial charge is 0.407 e. The van der Waals surface area contributed by atoms with Crippen molar-refractivity contribution in [2.75, 3.05) is 6.61 Å². The Morgan fingerprint density at radius 2 is 1.24 bits per heavy atom. The van der Waals surface area contributed by atoms with Gasteiger partial charge in [-0.3, -0.25) is 4.99 Å². The fourth-order valence-corrected chi connectivity index (χ4v) is 4.80. The number of hydrogen-bond acceptors (Lipinski definition) is 6. The molecular weight excluding hydrogens is 532 g/mol. The van der Waals surface area contributed by atoms with Crippen molar-refractivity contribution in [3.05, 3.63) is 71.8 Å². The van der Waals surface area contributed by atoms with E-state index in [1.165, 1.54) is 0 Å². The molecule has 0 aliphatic heterocycles. The van der Waals surface area contributed by atoms with Crippen LogP contribution in [0.4, 0.5) is 4.79 Å². The lowest BCUT2D eigenvalue weighted by Crippen LogP contribution is -2.50. The average molecular weight is 583 g/mol. The molecule has 0 saturated carbocycles. The number of carbonyl (C=O) groups excluding carboxylic acids is 2. The van der Waals surface area contributed by atoms with E-state index in [4.69, 9.17) is 18.9 Å². The molecule has 226 valence electrons. The Morgan fingerprint density at radius 3 is 1.66 bits per heavy atom. The summed E-state index contributed by atoms with van der Waals surface area (Å²) in [6, 6.07) is 17.6. The molecule has 0 aliphatic carbocycles. The van der Waals surface area contributed by atoms with Crippen molar-refractivity contribution in [2.45, 2.75) is 110 Å². The summed E-state index contributed by atoms with van der Waals surface area (Å²) in [6.07, 6.45) is -0.282. The molecule has 0 bridgehead atoms. The number of carbonyl (C=O) groups is 2. The van der Waals surface area contributed by atoms with Crippen molar-refractivity contribution >= 4 is 26.1 Å². The van der Waals surface area contributed by atoms with Gasteiger partial charge in [0.05, 0.1) is 11.8 Å². The van der Waals surface area contributed by atoms with Crippen LogP contribution in [0, 0.1) is 0 Å². The summed E-state index contributed by atoms with van der Waals surface area (Å²) in [5.74, 6) is -0.532. The van der Waals surface area contributed by atoms with Crippen molar-refractivity contribution in [2.24, 2.45) is 4.99 Å². The van der Waals surface area contributed by atoms with Gasteiger partial charge in [0.15, 0.2) is 14.4 Å². The lowest BCUT2D eigenvalue weighted by molar-refractivity contribution is -0.157. The van der Waals surface area contributed by atoms with Crippen LogP contribution in [0.25, 0.3) is 0 Å². The third-order valence-corrected chi connectivity index (χ3v) is 11.3. The first-order valence-electron chi connectivity index (χ1n) is 14.3. The molecule has 2 aromatic carbocycles. The molecule has 0 unspecified atom stereocenters. The molecule has 0 spiro atoms. The summed E-state index contributed by atoms with van der Waals surface area (Å²) in [6.45, 7) is 22.1. The zero-order chi connectivity index (χ0) is 31.1. The molecule has 2 rings (SSSR count). The van der Waals surface area contributed by atoms with Gasteiger partial charge in [0.1, 0.15) is 11.2 Å². The summed E-state index contributed by atoms with van der Waals surface area (Å²) in [5.41, 5.74) is 0.861. The van der Waals surface area contributed by atoms with Gasteiger partial charge in [0.2, 0.25) is 0 Å². The van der Waals surface area contributed by atoms with Crippen molar-refractivity contribution < 1.29 is 23.5 Å². The first-order valence-corrected chi connectivity index (χ1v) is 17.2. The topological polar surface area (TPSA) is 86.2 Å². The molecule has 2 aromatic rings. The van der Waals surface area contributed by atoms with Crippen LogP contribution in [0.2, 0.25) is 18.1 Å². The maximum absolute atomic E-state index is 13.8. The lowest BCUT2D eigenvalue weighted by atomic mass is 10.00. The highest BCUT2D eigenvalue weighted by Crippen LogP contribution is 2.36. The highest BCUT2D eigenvalue weighted by molar-refractivity contribution is 6.74. The molecule has 0 saturated heterocycles. The number of benzene rings is 2. The Labute approximate surface area is 248 Å². The van der Waals surface area contributed by atoms with E-state index in [2.05, 4.69) is 39.2 Å². The minimum atomic E-state index is -2.08. The number of nitrogens with zero attached hydrogens (tertiary/aromatic N) is 1. The standard InChI is InChI=1S/C33H50N2O5Si/c1-31(2,3)39-29(36)28(35-27(24-18-14-12-15-19-24)25-20-16-13-17-21-25)26(34-30(37)40-32(4,5)6)22-23-38-41(10,11)33(7,8)9/h12-21,26,28H,22-23H2,1-11H3,(H,34,37)/t26-,28+/m1/s1. The van der Waals surface area contributed by atoms with Gasteiger partial charge >= 0.3 is 12.1 Å². The van der Waals surface area contributed by atoms with Crippen molar-refractivity contribution in [3.63, 3.8) is 0 Å². The first-order chi connectivity index (χ1) is 18.8. The number of aliphatic imine (C=N–C) groups is 1. The molecule has 2 atom stereocenters. The molecule has 41 heavy (non-hydrogen) atoms. The summed E-state index contributed by atoms with van der Waals surface area (Å²) in [5, 5.41) is 2.95. The predicted octanol–water partition coefficient (Wildman–Crippen LogP) is 7.54. The van der Waals surface area contributed by atoms with E-state index in [1.807, 2.05) is 81.4 Å². The van der Waals surface area contributed by atoms with Gasteiger partial charge in [0, 0.05) is 17.7 Å². The quantitative estimate of drug-likeness (QED) is 0.178. The number of esters is 1. The molecule has 8 heteroatoms. The van der Waals surface area contributed by atoms with Crippen molar-refractivity contribution in [1.29, 1.82) is 0 Å². The zero-order valence-electron chi connectivity index (χ0n) is 26.8. The second kappa shape index (κ2) is 13.8. The molecule has 0 heterocycles. The van der Waals surface area contributed by atoms with Crippen LogP contribution in [0.3, 0.4) is 0 Å². The van der Waals surface area contributed by atoms with E-state index in [1.54, 1.807) is 20.8 Å². The van der Waals surface area contributed by atoms with Gasteiger partial charge in [0.25, 0.3) is 0 Å². The maximum atomic E-state index is 13.8. The second-order valence-electron chi connectivity index (χ2n) is 13.8. The van der Waals surface area contributed by atoms with Crippen LogP contribution in [0.5, 0.6) is 0 Å². The third kappa shape index (κ3) is 11.4. The fourth-order valence-electron chi connectivity index (χ4n) is 3.74. The highest BCUT2D eigenvalue weighted by atomic mass is 28.4. The number of hydrogen-bond donors (Lipinski definition) is 1. The number of amides is 1. The highest BCUT2D eigenvalue weighted by Gasteiger charge is 2.39. The van der Waals surface area contributed by atoms with Crippen molar-refractivity contribution in [1.82, 2.24) is 5.32 Å². The van der Waals surface area contributed by atoms with Gasteiger partial charge in [-0.05, 0) is 66.1 Å². The van der Waals surface area contributed by atoms with Crippen LogP contribution >= 0.6 is 0 Å². The average Bonchev–Trinajstić information content (AvgIpc) is 2.82. The van der Waals surface area contributed by atoms with Gasteiger partial charge in [-0.15, -0.1) is 0 Å². The molecule has 7 nitrogen and oxygen atoms in total. The van der Waals surface area contributed by atoms with E-state index in [0.29, 0.717) is 18.7 Å². The van der Waals surface area contributed by atoms with E-state index in [9.17, 15) is 9.59 Å². The van der Waals surface area contributed by atoms with E-state index in [0.717, 1.165) is 11.1 Å². The monoisotopic (exact) mass is 582 g/mol.